The van der Waals surface area contributed by atoms with E-state index in [2.05, 4.69) is 6.07 Å². The van der Waals surface area contributed by atoms with Gasteiger partial charge in [0.05, 0.1) is 18.0 Å². The summed E-state index contributed by atoms with van der Waals surface area (Å²) in [5, 5.41) is 22.0. The Hall–Kier alpha value is -3.56. The fraction of sp³-hybridized carbons (Fsp3) is 0.200. The van der Waals surface area contributed by atoms with Crippen LogP contribution in [0.15, 0.2) is 57.9 Å². The van der Waals surface area contributed by atoms with E-state index in [1.165, 1.54) is 4.88 Å². The molecule has 154 valence electrons. The standard InChI is InChI=1S/C25H20N2O3S/c1-29-17-9-6-15(7-10-17)23-13-21(19-12-16(28)8-11-22(19)30-23)27-25-20(14-26)18-4-2-3-5-24(18)31-25/h6-13,28H,2-5H2,1H3/b27-21+. The number of thiophene rings is 1. The lowest BCUT2D eigenvalue weighted by Gasteiger charge is -2.09. The number of phenolic OH excluding ortho intramolecular Hbond substituents is 1. The molecule has 0 fully saturated rings. The molecule has 0 aliphatic heterocycles. The van der Waals surface area contributed by atoms with E-state index < -0.39 is 0 Å². The van der Waals surface area contributed by atoms with Gasteiger partial charge < -0.3 is 14.3 Å². The lowest BCUT2D eigenvalue weighted by atomic mass is 9.96. The lowest BCUT2D eigenvalue weighted by molar-refractivity contribution is 0.415. The predicted octanol–water partition coefficient (Wildman–Crippen LogP) is 5.86. The lowest BCUT2D eigenvalue weighted by Crippen LogP contribution is -2.03. The van der Waals surface area contributed by atoms with Crippen LogP contribution in [0.3, 0.4) is 0 Å². The number of ether oxygens (including phenoxy) is 1. The minimum Gasteiger partial charge on any atom is -0.508 e. The highest BCUT2D eigenvalue weighted by molar-refractivity contribution is 7.16. The number of aromatic hydroxyl groups is 1. The number of rotatable bonds is 3. The highest BCUT2D eigenvalue weighted by Crippen LogP contribution is 2.39. The average molecular weight is 429 g/mol. The van der Waals surface area contributed by atoms with Gasteiger partial charge in [-0.2, -0.15) is 5.26 Å². The van der Waals surface area contributed by atoms with E-state index in [0.29, 0.717) is 27.7 Å². The summed E-state index contributed by atoms with van der Waals surface area (Å²) in [4.78, 5) is 6.17. The number of hydrogen-bond acceptors (Lipinski definition) is 6. The molecule has 4 aromatic rings. The molecule has 1 aliphatic carbocycles. The van der Waals surface area contributed by atoms with Crippen LogP contribution in [0.1, 0.15) is 28.8 Å². The molecule has 2 aromatic carbocycles. The monoisotopic (exact) mass is 428 g/mol. The van der Waals surface area contributed by atoms with Crippen molar-refractivity contribution in [1.29, 1.82) is 5.26 Å². The smallest absolute Gasteiger partial charge is 0.137 e. The maximum absolute atomic E-state index is 10.1. The van der Waals surface area contributed by atoms with Gasteiger partial charge in [-0.3, -0.25) is 0 Å². The van der Waals surface area contributed by atoms with Crippen molar-refractivity contribution >= 4 is 27.3 Å². The molecule has 0 atom stereocenters. The number of phenols is 1. The Morgan fingerprint density at radius 1 is 1.10 bits per heavy atom. The van der Waals surface area contributed by atoms with Crippen molar-refractivity contribution in [3.8, 4) is 28.9 Å². The van der Waals surface area contributed by atoms with Crippen LogP contribution in [0.2, 0.25) is 0 Å². The molecule has 0 bridgehead atoms. The summed E-state index contributed by atoms with van der Waals surface area (Å²) in [6.07, 6.45) is 4.21. The van der Waals surface area contributed by atoms with E-state index in [0.717, 1.165) is 47.6 Å². The summed E-state index contributed by atoms with van der Waals surface area (Å²) in [7, 11) is 1.63. The first kappa shape index (κ1) is 19.4. The first-order valence-electron chi connectivity index (χ1n) is 10.2. The maximum atomic E-state index is 10.1. The van der Waals surface area contributed by atoms with Gasteiger partial charge in [-0.25, -0.2) is 4.99 Å². The maximum Gasteiger partial charge on any atom is 0.137 e. The molecular weight excluding hydrogens is 408 g/mol. The second kappa shape index (κ2) is 7.93. The number of nitriles is 1. The molecule has 5 rings (SSSR count). The highest BCUT2D eigenvalue weighted by Gasteiger charge is 2.20. The SMILES string of the molecule is COc1ccc(-c2c/c(=N\c3sc4c(c3C#N)CCCC4)c3cc(O)ccc3o2)cc1. The molecule has 2 aromatic heterocycles. The topological polar surface area (TPSA) is 78.8 Å². The summed E-state index contributed by atoms with van der Waals surface area (Å²) < 4.78 is 11.4. The zero-order valence-electron chi connectivity index (χ0n) is 17.0. The van der Waals surface area contributed by atoms with Gasteiger partial charge >= 0.3 is 0 Å². The molecule has 1 N–H and O–H groups in total. The third kappa shape index (κ3) is 3.58. The van der Waals surface area contributed by atoms with E-state index in [4.69, 9.17) is 14.1 Å². The van der Waals surface area contributed by atoms with Crippen molar-refractivity contribution in [1.82, 2.24) is 0 Å². The van der Waals surface area contributed by atoms with Crippen LogP contribution in [0.25, 0.3) is 22.3 Å². The van der Waals surface area contributed by atoms with Crippen LogP contribution in [-0.4, -0.2) is 12.2 Å². The first-order chi connectivity index (χ1) is 15.2. The van der Waals surface area contributed by atoms with Gasteiger partial charge in [0, 0.05) is 21.9 Å². The van der Waals surface area contributed by atoms with Crippen LogP contribution in [0.5, 0.6) is 11.5 Å². The van der Waals surface area contributed by atoms with Crippen LogP contribution in [-0.2, 0) is 12.8 Å². The third-order valence-electron chi connectivity index (χ3n) is 5.59. The summed E-state index contributed by atoms with van der Waals surface area (Å²) in [6.45, 7) is 0. The number of fused-ring (bicyclic) bond motifs is 2. The second-order valence-electron chi connectivity index (χ2n) is 7.52. The fourth-order valence-electron chi connectivity index (χ4n) is 4.00. The molecule has 0 radical (unpaired) electrons. The van der Waals surface area contributed by atoms with Gasteiger partial charge in [0.2, 0.25) is 0 Å². The number of hydrogen-bond donors (Lipinski definition) is 1. The highest BCUT2D eigenvalue weighted by atomic mass is 32.1. The Morgan fingerprint density at radius 2 is 1.90 bits per heavy atom. The molecule has 0 spiro atoms. The van der Waals surface area contributed by atoms with E-state index in [1.807, 2.05) is 30.3 Å². The van der Waals surface area contributed by atoms with Crippen LogP contribution < -0.4 is 10.1 Å². The molecule has 2 heterocycles. The number of nitrogens with zero attached hydrogens (tertiary/aromatic N) is 2. The quantitative estimate of drug-likeness (QED) is 0.443. The molecule has 6 heteroatoms. The van der Waals surface area contributed by atoms with Gasteiger partial charge in [-0.1, -0.05) is 0 Å². The minimum absolute atomic E-state index is 0.141. The van der Waals surface area contributed by atoms with Gasteiger partial charge in [0.1, 0.15) is 33.9 Å². The molecule has 5 nitrogen and oxygen atoms in total. The summed E-state index contributed by atoms with van der Waals surface area (Å²) in [5.41, 5.74) is 3.34. The van der Waals surface area contributed by atoms with Gasteiger partial charge in [0.15, 0.2) is 0 Å². The first-order valence-corrected chi connectivity index (χ1v) is 11.0. The zero-order valence-corrected chi connectivity index (χ0v) is 17.8. The third-order valence-corrected chi connectivity index (χ3v) is 6.77. The van der Waals surface area contributed by atoms with E-state index >= 15 is 0 Å². The van der Waals surface area contributed by atoms with E-state index in [9.17, 15) is 10.4 Å². The number of benzene rings is 2. The Morgan fingerprint density at radius 3 is 2.68 bits per heavy atom. The molecule has 1 aliphatic rings. The van der Waals surface area contributed by atoms with Crippen molar-refractivity contribution in [2.75, 3.05) is 7.11 Å². The Kier molecular flexibility index (Phi) is 4.97. The summed E-state index contributed by atoms with van der Waals surface area (Å²) in [6, 6.07) is 16.8. The fourth-order valence-corrected chi connectivity index (χ4v) is 5.22. The van der Waals surface area contributed by atoms with Crippen molar-refractivity contribution in [2.45, 2.75) is 25.7 Å². The summed E-state index contributed by atoms with van der Waals surface area (Å²) in [5.74, 6) is 1.56. The van der Waals surface area contributed by atoms with Crippen molar-refractivity contribution < 1.29 is 14.3 Å². The van der Waals surface area contributed by atoms with E-state index in [-0.39, 0.29) is 5.75 Å². The van der Waals surface area contributed by atoms with Crippen molar-refractivity contribution in [2.24, 2.45) is 4.99 Å². The van der Waals surface area contributed by atoms with Gasteiger partial charge in [-0.05, 0) is 73.7 Å². The normalized spacial score (nSPS) is 13.7. The zero-order chi connectivity index (χ0) is 21.4. The minimum atomic E-state index is 0.141. The number of aryl methyl sites for hydroxylation is 1. The molecule has 0 saturated heterocycles. The predicted molar refractivity (Wildman–Crippen MR) is 121 cm³/mol. The molecule has 0 amide bonds. The molecule has 0 saturated carbocycles. The second-order valence-corrected chi connectivity index (χ2v) is 8.60. The van der Waals surface area contributed by atoms with Crippen LogP contribution in [0, 0.1) is 11.3 Å². The largest absolute Gasteiger partial charge is 0.508 e. The number of methoxy groups -OCH3 is 1. The molecule has 31 heavy (non-hydrogen) atoms. The van der Waals surface area contributed by atoms with E-state index in [1.54, 1.807) is 36.6 Å². The van der Waals surface area contributed by atoms with Crippen molar-refractivity contribution in [3.63, 3.8) is 0 Å². The van der Waals surface area contributed by atoms with Crippen molar-refractivity contribution in [3.05, 3.63) is 69.9 Å². The van der Waals surface area contributed by atoms with Gasteiger partial charge in [0.25, 0.3) is 0 Å². The van der Waals surface area contributed by atoms with Crippen LogP contribution in [0.4, 0.5) is 5.00 Å². The average Bonchev–Trinajstić information content (AvgIpc) is 3.16. The molecule has 0 unspecified atom stereocenters. The Balaban J connectivity index is 1.75. The summed E-state index contributed by atoms with van der Waals surface area (Å²) >= 11 is 1.60. The Labute approximate surface area is 183 Å². The van der Waals surface area contributed by atoms with Gasteiger partial charge in [-0.15, -0.1) is 11.3 Å². The van der Waals surface area contributed by atoms with Crippen LogP contribution >= 0.6 is 11.3 Å². The Bertz CT molecular complexity index is 1390. The molecular formula is C25H20N2O3S.